The molecule has 0 saturated heterocycles. The predicted octanol–water partition coefficient (Wildman–Crippen LogP) is 3.89. The van der Waals surface area contributed by atoms with Gasteiger partial charge in [-0.15, -0.1) is 0 Å². The van der Waals surface area contributed by atoms with Crippen molar-refractivity contribution < 1.29 is 4.39 Å². The fourth-order valence-electron chi connectivity index (χ4n) is 4.20. The minimum absolute atomic E-state index is 0.121. The Morgan fingerprint density at radius 2 is 1.82 bits per heavy atom. The summed E-state index contributed by atoms with van der Waals surface area (Å²) in [5.41, 5.74) is 2.10. The van der Waals surface area contributed by atoms with E-state index in [1.54, 1.807) is 22.8 Å². The summed E-state index contributed by atoms with van der Waals surface area (Å²) >= 11 is 0. The number of nitrogens with zero attached hydrogens (tertiary/aromatic N) is 3. The SMILES string of the molecule is CC(C)Nc1ccc(Cc2nc3c([nH]2)c(=O)n(Cc2ccccc2F)c(=O)n3CC2CC2)cc1. The second kappa shape index (κ2) is 8.93. The average Bonchev–Trinajstić information content (AvgIpc) is 3.53. The molecular formula is C26H28FN5O2. The van der Waals surface area contributed by atoms with E-state index in [1.165, 1.54) is 6.07 Å². The van der Waals surface area contributed by atoms with E-state index >= 15 is 0 Å². The Balaban J connectivity index is 1.53. The number of benzene rings is 2. The third-order valence-corrected chi connectivity index (χ3v) is 6.12. The summed E-state index contributed by atoms with van der Waals surface area (Å²) in [5.74, 6) is 0.578. The van der Waals surface area contributed by atoms with Gasteiger partial charge in [0, 0.05) is 30.3 Å². The molecule has 0 spiro atoms. The van der Waals surface area contributed by atoms with Crippen molar-refractivity contribution in [3.05, 3.63) is 92.1 Å². The molecule has 5 rings (SSSR count). The first-order chi connectivity index (χ1) is 16.4. The van der Waals surface area contributed by atoms with E-state index in [2.05, 4.69) is 29.1 Å². The molecule has 0 atom stereocenters. The number of aromatic amines is 1. The second-order valence-electron chi connectivity index (χ2n) is 9.37. The maximum absolute atomic E-state index is 14.3. The second-order valence-corrected chi connectivity index (χ2v) is 9.37. The Bertz CT molecular complexity index is 1450. The van der Waals surface area contributed by atoms with E-state index in [4.69, 9.17) is 0 Å². The van der Waals surface area contributed by atoms with Gasteiger partial charge < -0.3 is 10.3 Å². The fourth-order valence-corrected chi connectivity index (χ4v) is 4.20. The molecule has 0 aliphatic heterocycles. The van der Waals surface area contributed by atoms with Crippen LogP contribution in [0.3, 0.4) is 0 Å². The summed E-state index contributed by atoms with van der Waals surface area (Å²) in [4.78, 5) is 34.4. The number of anilines is 1. The third-order valence-electron chi connectivity index (χ3n) is 6.12. The van der Waals surface area contributed by atoms with Crippen LogP contribution in [0.2, 0.25) is 0 Å². The van der Waals surface area contributed by atoms with Crippen LogP contribution in [0.5, 0.6) is 0 Å². The highest BCUT2D eigenvalue weighted by molar-refractivity contribution is 5.70. The molecule has 1 aliphatic rings. The topological polar surface area (TPSA) is 84.7 Å². The van der Waals surface area contributed by atoms with Crippen molar-refractivity contribution in [1.82, 2.24) is 19.1 Å². The van der Waals surface area contributed by atoms with Crippen LogP contribution in [0.25, 0.3) is 11.2 Å². The number of hydrogen-bond acceptors (Lipinski definition) is 4. The minimum atomic E-state index is -0.481. The zero-order valence-corrected chi connectivity index (χ0v) is 19.3. The van der Waals surface area contributed by atoms with Crippen molar-refractivity contribution in [1.29, 1.82) is 0 Å². The first kappa shape index (κ1) is 22.1. The number of nitrogens with one attached hydrogen (secondary N) is 2. The summed E-state index contributed by atoms with van der Waals surface area (Å²) < 4.78 is 17.0. The van der Waals surface area contributed by atoms with Gasteiger partial charge in [0.1, 0.15) is 17.2 Å². The number of aromatic nitrogens is 4. The molecule has 0 unspecified atom stereocenters. The van der Waals surface area contributed by atoms with E-state index in [-0.39, 0.29) is 12.1 Å². The summed E-state index contributed by atoms with van der Waals surface area (Å²) in [7, 11) is 0. The first-order valence-corrected chi connectivity index (χ1v) is 11.7. The highest BCUT2D eigenvalue weighted by Gasteiger charge is 2.26. The van der Waals surface area contributed by atoms with Crippen LogP contribution in [0.1, 0.15) is 43.6 Å². The first-order valence-electron chi connectivity index (χ1n) is 11.7. The summed E-state index contributed by atoms with van der Waals surface area (Å²) in [6, 6.07) is 14.6. The lowest BCUT2D eigenvalue weighted by Gasteiger charge is -2.11. The monoisotopic (exact) mass is 461 g/mol. The maximum atomic E-state index is 14.3. The Kier molecular flexibility index (Phi) is 5.81. The molecule has 0 bridgehead atoms. The number of imidazole rings is 1. The smallest absolute Gasteiger partial charge is 0.333 e. The minimum Gasteiger partial charge on any atom is -0.383 e. The molecule has 34 heavy (non-hydrogen) atoms. The van der Waals surface area contributed by atoms with Crippen LogP contribution in [-0.2, 0) is 19.5 Å². The van der Waals surface area contributed by atoms with Crippen molar-refractivity contribution in [2.24, 2.45) is 5.92 Å². The number of H-pyrrole nitrogens is 1. The van der Waals surface area contributed by atoms with Crippen LogP contribution in [-0.4, -0.2) is 25.1 Å². The van der Waals surface area contributed by atoms with Crippen LogP contribution in [0, 0.1) is 11.7 Å². The molecule has 2 aromatic heterocycles. The predicted molar refractivity (Wildman–Crippen MR) is 131 cm³/mol. The van der Waals surface area contributed by atoms with Crippen molar-refractivity contribution in [3.8, 4) is 0 Å². The summed E-state index contributed by atoms with van der Waals surface area (Å²) in [6.07, 6.45) is 2.60. The van der Waals surface area contributed by atoms with Gasteiger partial charge in [-0.1, -0.05) is 30.3 Å². The molecule has 1 aliphatic carbocycles. The number of rotatable bonds is 8. The fraction of sp³-hybridized carbons (Fsp3) is 0.346. The molecule has 7 nitrogen and oxygen atoms in total. The molecule has 0 radical (unpaired) electrons. The van der Waals surface area contributed by atoms with E-state index in [9.17, 15) is 14.0 Å². The Morgan fingerprint density at radius 1 is 1.09 bits per heavy atom. The quantitative estimate of drug-likeness (QED) is 0.417. The van der Waals surface area contributed by atoms with E-state index in [0.29, 0.717) is 42.0 Å². The molecule has 4 aromatic rings. The van der Waals surface area contributed by atoms with Crippen molar-refractivity contribution in [2.75, 3.05) is 5.32 Å². The van der Waals surface area contributed by atoms with Crippen molar-refractivity contribution in [2.45, 2.75) is 52.2 Å². The Morgan fingerprint density at radius 3 is 2.50 bits per heavy atom. The molecule has 0 amide bonds. The van der Waals surface area contributed by atoms with Crippen LogP contribution in [0.4, 0.5) is 10.1 Å². The van der Waals surface area contributed by atoms with Gasteiger partial charge in [0.05, 0.1) is 6.54 Å². The number of fused-ring (bicyclic) bond motifs is 1. The Labute approximate surface area is 196 Å². The maximum Gasteiger partial charge on any atom is 0.333 e. The van der Waals surface area contributed by atoms with Gasteiger partial charge in [-0.25, -0.2) is 14.2 Å². The lowest BCUT2D eigenvalue weighted by atomic mass is 10.1. The molecule has 176 valence electrons. The van der Waals surface area contributed by atoms with E-state index in [0.717, 1.165) is 28.7 Å². The summed E-state index contributed by atoms with van der Waals surface area (Å²) in [5, 5.41) is 3.36. The number of halogens is 1. The van der Waals surface area contributed by atoms with Crippen LogP contribution < -0.4 is 16.6 Å². The molecule has 2 N–H and O–H groups in total. The molecule has 2 aromatic carbocycles. The van der Waals surface area contributed by atoms with Gasteiger partial charge in [0.25, 0.3) is 5.56 Å². The van der Waals surface area contributed by atoms with Gasteiger partial charge in [0.15, 0.2) is 5.65 Å². The number of hydrogen-bond donors (Lipinski definition) is 2. The van der Waals surface area contributed by atoms with E-state index in [1.807, 2.05) is 24.3 Å². The highest BCUT2D eigenvalue weighted by Crippen LogP contribution is 2.30. The third kappa shape index (κ3) is 4.53. The standard InChI is InChI=1S/C26H28FN5O2/c1-16(2)28-20-11-9-17(10-12-20)13-22-29-23-24(30-22)31(14-18-7-8-18)26(34)32(25(23)33)15-19-5-3-4-6-21(19)27/h3-6,9-12,16,18,28H,7-8,13-15H2,1-2H3,(H,29,30). The lowest BCUT2D eigenvalue weighted by Crippen LogP contribution is -2.40. The summed E-state index contributed by atoms with van der Waals surface area (Å²) in [6.45, 7) is 4.56. The van der Waals surface area contributed by atoms with Crippen molar-refractivity contribution >= 4 is 16.9 Å². The zero-order chi connectivity index (χ0) is 23.8. The van der Waals surface area contributed by atoms with Gasteiger partial charge in [-0.3, -0.25) is 13.9 Å². The Hall–Kier alpha value is -3.68. The molecule has 8 heteroatoms. The van der Waals surface area contributed by atoms with Gasteiger partial charge in [-0.2, -0.15) is 0 Å². The molecule has 1 fully saturated rings. The largest absolute Gasteiger partial charge is 0.383 e. The normalized spacial score (nSPS) is 13.6. The van der Waals surface area contributed by atoms with Gasteiger partial charge in [-0.05, 0) is 56.4 Å². The van der Waals surface area contributed by atoms with Crippen molar-refractivity contribution in [3.63, 3.8) is 0 Å². The van der Waals surface area contributed by atoms with Crippen LogP contribution >= 0.6 is 0 Å². The highest BCUT2D eigenvalue weighted by atomic mass is 19.1. The van der Waals surface area contributed by atoms with E-state index < -0.39 is 17.1 Å². The van der Waals surface area contributed by atoms with Crippen LogP contribution in [0.15, 0.2) is 58.1 Å². The average molecular weight is 462 g/mol. The molecule has 1 saturated carbocycles. The molecule has 2 heterocycles. The zero-order valence-electron chi connectivity index (χ0n) is 19.3. The van der Waals surface area contributed by atoms with Gasteiger partial charge >= 0.3 is 5.69 Å². The molecular weight excluding hydrogens is 433 g/mol. The van der Waals surface area contributed by atoms with Gasteiger partial charge in [0.2, 0.25) is 0 Å². The lowest BCUT2D eigenvalue weighted by molar-refractivity contribution is 0.548.